The maximum atomic E-state index is 13.4. The highest BCUT2D eigenvalue weighted by molar-refractivity contribution is 6.13. The van der Waals surface area contributed by atoms with Crippen LogP contribution < -0.4 is 20.7 Å². The number of para-hydroxylation sites is 2. The van der Waals surface area contributed by atoms with Crippen LogP contribution in [0, 0.1) is 6.92 Å². The summed E-state index contributed by atoms with van der Waals surface area (Å²) in [6, 6.07) is 20.3. The first-order valence-electron chi connectivity index (χ1n) is 11.5. The van der Waals surface area contributed by atoms with E-state index < -0.39 is 35.8 Å². The topological polar surface area (TPSA) is 117 Å². The second-order valence-corrected chi connectivity index (χ2v) is 8.74. The van der Waals surface area contributed by atoms with Crippen molar-refractivity contribution in [1.82, 2.24) is 10.2 Å². The number of aryl methyl sites for hydroxylation is 1. The van der Waals surface area contributed by atoms with E-state index in [9.17, 15) is 19.2 Å². The minimum absolute atomic E-state index is 0.249. The first-order valence-corrected chi connectivity index (χ1v) is 11.5. The lowest BCUT2D eigenvalue weighted by Crippen LogP contribution is -2.48. The lowest BCUT2D eigenvalue weighted by Gasteiger charge is -2.33. The molecule has 0 saturated carbocycles. The summed E-state index contributed by atoms with van der Waals surface area (Å²) in [6.07, 6.45) is 0.259. The summed E-state index contributed by atoms with van der Waals surface area (Å²) in [4.78, 5) is 52.9. The number of hydrogen-bond donors (Lipinski definition) is 3. The molecule has 182 valence electrons. The van der Waals surface area contributed by atoms with Crippen molar-refractivity contribution in [3.8, 4) is 5.75 Å². The Hall–Kier alpha value is -4.66. The van der Waals surface area contributed by atoms with Crippen molar-refractivity contribution in [2.24, 2.45) is 0 Å². The van der Waals surface area contributed by atoms with E-state index in [1.807, 2.05) is 25.1 Å². The molecule has 3 aromatic carbocycles. The fourth-order valence-corrected chi connectivity index (χ4v) is 4.56. The number of ether oxygens (including phenoxy) is 1. The third kappa shape index (κ3) is 4.15. The highest BCUT2D eigenvalue weighted by Crippen LogP contribution is 2.40. The highest BCUT2D eigenvalue weighted by atomic mass is 16.5. The quantitative estimate of drug-likeness (QED) is 0.480. The van der Waals surface area contributed by atoms with E-state index in [2.05, 4.69) is 16.0 Å². The van der Waals surface area contributed by atoms with E-state index >= 15 is 0 Å². The predicted octanol–water partition coefficient (Wildman–Crippen LogP) is 3.42. The number of anilines is 2. The number of fused-ring (bicyclic) bond motifs is 2. The molecule has 36 heavy (non-hydrogen) atoms. The van der Waals surface area contributed by atoms with Gasteiger partial charge in [0, 0.05) is 17.7 Å². The second kappa shape index (κ2) is 9.18. The SMILES string of the molecule is Cc1cccc(NC(=O)c2ccccc2NC(=O)CN2C(=O)N[C@@]3(CCOc4ccccc43)C2=O)c1. The molecule has 5 rings (SSSR count). The summed E-state index contributed by atoms with van der Waals surface area (Å²) < 4.78 is 5.63. The third-order valence-electron chi connectivity index (χ3n) is 6.28. The summed E-state index contributed by atoms with van der Waals surface area (Å²) >= 11 is 0. The van der Waals surface area contributed by atoms with E-state index in [0.29, 0.717) is 17.0 Å². The zero-order chi connectivity index (χ0) is 25.3. The van der Waals surface area contributed by atoms with Gasteiger partial charge in [0.15, 0.2) is 5.54 Å². The zero-order valence-corrected chi connectivity index (χ0v) is 19.5. The van der Waals surface area contributed by atoms with Gasteiger partial charge in [0.05, 0.1) is 17.9 Å². The number of nitrogens with zero attached hydrogens (tertiary/aromatic N) is 1. The molecule has 1 fully saturated rings. The van der Waals surface area contributed by atoms with Gasteiger partial charge in [0.2, 0.25) is 5.91 Å². The lowest BCUT2D eigenvalue weighted by molar-refractivity contribution is -0.135. The van der Waals surface area contributed by atoms with Crippen LogP contribution in [0.4, 0.5) is 16.2 Å². The molecule has 2 heterocycles. The Morgan fingerprint density at radius 2 is 1.78 bits per heavy atom. The van der Waals surface area contributed by atoms with Gasteiger partial charge in [0.1, 0.15) is 12.3 Å². The predicted molar refractivity (Wildman–Crippen MR) is 133 cm³/mol. The summed E-state index contributed by atoms with van der Waals surface area (Å²) in [5, 5.41) is 8.26. The average molecular weight is 485 g/mol. The normalized spacial score (nSPS) is 18.3. The van der Waals surface area contributed by atoms with Crippen LogP contribution in [-0.4, -0.2) is 41.8 Å². The minimum atomic E-state index is -1.27. The molecule has 0 aliphatic carbocycles. The van der Waals surface area contributed by atoms with Gasteiger partial charge in [-0.25, -0.2) is 4.79 Å². The number of benzene rings is 3. The molecule has 2 aliphatic heterocycles. The Balaban J connectivity index is 1.31. The fourth-order valence-electron chi connectivity index (χ4n) is 4.56. The molecule has 1 saturated heterocycles. The highest BCUT2D eigenvalue weighted by Gasteiger charge is 2.55. The number of urea groups is 1. The van der Waals surface area contributed by atoms with E-state index in [0.717, 1.165) is 10.5 Å². The number of amides is 5. The largest absolute Gasteiger partial charge is 0.493 e. The van der Waals surface area contributed by atoms with Gasteiger partial charge in [-0.3, -0.25) is 19.3 Å². The molecule has 0 bridgehead atoms. The third-order valence-corrected chi connectivity index (χ3v) is 6.28. The van der Waals surface area contributed by atoms with Crippen LogP contribution >= 0.6 is 0 Å². The van der Waals surface area contributed by atoms with Crippen molar-refractivity contribution >= 4 is 35.1 Å². The molecule has 0 unspecified atom stereocenters. The number of carbonyl (C=O) groups excluding carboxylic acids is 4. The number of rotatable bonds is 5. The summed E-state index contributed by atoms with van der Waals surface area (Å²) in [6.45, 7) is 1.68. The molecule has 0 aromatic heterocycles. The molecule has 1 spiro atoms. The zero-order valence-electron chi connectivity index (χ0n) is 19.5. The number of nitrogens with one attached hydrogen (secondary N) is 3. The Labute approximate surface area is 207 Å². The molecular weight excluding hydrogens is 460 g/mol. The van der Waals surface area contributed by atoms with Crippen molar-refractivity contribution in [3.05, 3.63) is 89.5 Å². The maximum Gasteiger partial charge on any atom is 0.325 e. The Bertz CT molecular complexity index is 1390. The number of carbonyl (C=O) groups is 4. The van der Waals surface area contributed by atoms with Crippen molar-refractivity contribution in [2.45, 2.75) is 18.9 Å². The molecule has 9 heteroatoms. The van der Waals surface area contributed by atoms with Crippen LogP contribution in [0.15, 0.2) is 72.8 Å². The first kappa shape index (κ1) is 23.1. The number of imide groups is 1. The first-order chi connectivity index (χ1) is 17.4. The van der Waals surface area contributed by atoms with Gasteiger partial charge in [-0.05, 0) is 42.8 Å². The van der Waals surface area contributed by atoms with Gasteiger partial charge < -0.3 is 20.7 Å². The van der Waals surface area contributed by atoms with Crippen LogP contribution in [0.5, 0.6) is 5.75 Å². The molecule has 2 aliphatic rings. The van der Waals surface area contributed by atoms with Gasteiger partial charge in [-0.15, -0.1) is 0 Å². The summed E-state index contributed by atoms with van der Waals surface area (Å²) in [5.41, 5.74) is 1.44. The van der Waals surface area contributed by atoms with Crippen LogP contribution in [0.25, 0.3) is 0 Å². The van der Waals surface area contributed by atoms with Crippen molar-refractivity contribution in [2.75, 3.05) is 23.8 Å². The molecule has 9 nitrogen and oxygen atoms in total. The van der Waals surface area contributed by atoms with Crippen molar-refractivity contribution in [1.29, 1.82) is 0 Å². The van der Waals surface area contributed by atoms with Gasteiger partial charge in [-0.2, -0.15) is 0 Å². The van der Waals surface area contributed by atoms with Crippen molar-refractivity contribution < 1.29 is 23.9 Å². The smallest absolute Gasteiger partial charge is 0.325 e. The molecular formula is C27H24N4O5. The Morgan fingerprint density at radius 1 is 1.00 bits per heavy atom. The van der Waals surface area contributed by atoms with Gasteiger partial charge in [-0.1, -0.05) is 42.5 Å². The van der Waals surface area contributed by atoms with Gasteiger partial charge in [0.25, 0.3) is 11.8 Å². The molecule has 3 aromatic rings. The maximum absolute atomic E-state index is 13.4. The summed E-state index contributed by atoms with van der Waals surface area (Å²) in [5.74, 6) is -0.989. The minimum Gasteiger partial charge on any atom is -0.493 e. The second-order valence-electron chi connectivity index (χ2n) is 8.74. The van der Waals surface area contributed by atoms with Crippen LogP contribution in [-0.2, 0) is 15.1 Å². The monoisotopic (exact) mass is 484 g/mol. The molecule has 1 atom stereocenters. The molecule has 5 amide bonds. The van der Waals surface area contributed by atoms with Crippen LogP contribution in [0.1, 0.15) is 27.9 Å². The Kier molecular flexibility index (Phi) is 5.89. The fraction of sp³-hybridized carbons (Fsp3) is 0.185. The van der Waals surface area contributed by atoms with E-state index in [1.165, 1.54) is 0 Å². The van der Waals surface area contributed by atoms with E-state index in [-0.39, 0.29) is 24.3 Å². The Morgan fingerprint density at radius 3 is 2.61 bits per heavy atom. The average Bonchev–Trinajstić information content (AvgIpc) is 3.09. The van der Waals surface area contributed by atoms with Crippen LogP contribution in [0.2, 0.25) is 0 Å². The lowest BCUT2D eigenvalue weighted by atomic mass is 9.84. The summed E-state index contributed by atoms with van der Waals surface area (Å²) in [7, 11) is 0. The van der Waals surface area contributed by atoms with Crippen LogP contribution in [0.3, 0.4) is 0 Å². The molecule has 0 radical (unpaired) electrons. The van der Waals surface area contributed by atoms with E-state index in [4.69, 9.17) is 4.74 Å². The number of hydrogen-bond acceptors (Lipinski definition) is 5. The van der Waals surface area contributed by atoms with Gasteiger partial charge >= 0.3 is 6.03 Å². The molecule has 3 N–H and O–H groups in total. The van der Waals surface area contributed by atoms with Crippen molar-refractivity contribution in [3.63, 3.8) is 0 Å². The van der Waals surface area contributed by atoms with E-state index in [1.54, 1.807) is 54.6 Å². The standard InChI is InChI=1S/C27H24N4O5/c1-17-7-6-8-18(15-17)28-24(33)19-9-2-4-11-21(19)29-23(32)16-31-25(34)27(30-26(31)35)13-14-36-22-12-5-3-10-20(22)27/h2-12,15H,13-14,16H2,1H3,(H,28,33)(H,29,32)(H,30,35)/t27-/m1/s1.